The molecule has 0 fully saturated rings. The van der Waals surface area contributed by atoms with Gasteiger partial charge >= 0.3 is 12.1 Å². The third kappa shape index (κ3) is 3.46. The summed E-state index contributed by atoms with van der Waals surface area (Å²) >= 11 is 0. The fraction of sp³-hybridized carbons (Fsp3) is 0.417. The Morgan fingerprint density at radius 1 is 1.39 bits per heavy atom. The molecule has 1 rings (SSSR count). The summed E-state index contributed by atoms with van der Waals surface area (Å²) in [5, 5.41) is 8.64. The van der Waals surface area contributed by atoms with Crippen LogP contribution in [0.1, 0.15) is 24.1 Å². The summed E-state index contributed by atoms with van der Waals surface area (Å²) in [4.78, 5) is 11.9. The number of rotatable bonds is 4. The molecule has 0 spiro atoms. The molecule has 0 amide bonds. The van der Waals surface area contributed by atoms with Gasteiger partial charge in [0.05, 0.1) is 12.1 Å². The van der Waals surface area contributed by atoms with E-state index in [1.165, 1.54) is 30.1 Å². The molecule has 0 aromatic heterocycles. The average Bonchev–Trinajstić information content (AvgIpc) is 2.26. The van der Waals surface area contributed by atoms with Crippen molar-refractivity contribution in [1.29, 1.82) is 0 Å². The lowest BCUT2D eigenvalue weighted by Gasteiger charge is -2.25. The summed E-state index contributed by atoms with van der Waals surface area (Å²) in [5.41, 5.74) is -0.650. The Bertz CT molecular complexity index is 432. The van der Waals surface area contributed by atoms with Crippen LogP contribution in [0.3, 0.4) is 0 Å². The highest BCUT2D eigenvalue weighted by Gasteiger charge is 2.34. The standard InChI is InChI=1S/C12H14F3NO2/c1-8(16(2)7-11(17)18)9-5-3-4-6-10(9)12(13,14)15/h3-6,8H,7H2,1-2H3,(H,17,18). The van der Waals surface area contributed by atoms with Crippen molar-refractivity contribution in [2.24, 2.45) is 0 Å². The normalized spacial score (nSPS) is 13.7. The Labute approximate surface area is 103 Å². The molecule has 0 heterocycles. The molecule has 1 atom stereocenters. The summed E-state index contributed by atoms with van der Waals surface area (Å²) in [7, 11) is 1.48. The highest BCUT2D eigenvalue weighted by Crippen LogP contribution is 2.35. The predicted molar refractivity (Wildman–Crippen MR) is 60.1 cm³/mol. The highest BCUT2D eigenvalue weighted by atomic mass is 19.4. The number of carboxylic acids is 1. The van der Waals surface area contributed by atoms with E-state index in [1.54, 1.807) is 6.92 Å². The molecular formula is C12H14F3NO2. The molecular weight excluding hydrogens is 247 g/mol. The number of likely N-dealkylation sites (N-methyl/N-ethyl adjacent to an activating group) is 1. The second kappa shape index (κ2) is 5.39. The Kier molecular flexibility index (Phi) is 4.34. The number of benzene rings is 1. The van der Waals surface area contributed by atoms with Gasteiger partial charge in [0, 0.05) is 6.04 Å². The monoisotopic (exact) mass is 261 g/mol. The fourth-order valence-corrected chi connectivity index (χ4v) is 1.71. The van der Waals surface area contributed by atoms with Crippen LogP contribution in [0.2, 0.25) is 0 Å². The summed E-state index contributed by atoms with van der Waals surface area (Å²) in [6.45, 7) is 1.24. The van der Waals surface area contributed by atoms with Gasteiger partial charge in [-0.2, -0.15) is 13.2 Å². The van der Waals surface area contributed by atoms with E-state index in [0.717, 1.165) is 6.07 Å². The number of carboxylic acid groups (broad SMARTS) is 1. The number of aliphatic carboxylic acids is 1. The molecule has 1 aromatic rings. The molecule has 1 unspecified atom stereocenters. The third-order valence-electron chi connectivity index (χ3n) is 2.76. The molecule has 6 heteroatoms. The van der Waals surface area contributed by atoms with Crippen LogP contribution in [0.4, 0.5) is 13.2 Å². The first-order valence-corrected chi connectivity index (χ1v) is 5.31. The van der Waals surface area contributed by atoms with Gasteiger partial charge in [-0.25, -0.2) is 0 Å². The first kappa shape index (κ1) is 14.5. The van der Waals surface area contributed by atoms with Gasteiger partial charge in [-0.3, -0.25) is 9.69 Å². The minimum atomic E-state index is -4.44. The summed E-state index contributed by atoms with van der Waals surface area (Å²) < 4.78 is 38.4. The fourth-order valence-electron chi connectivity index (χ4n) is 1.71. The van der Waals surface area contributed by atoms with Crippen molar-refractivity contribution in [3.05, 3.63) is 35.4 Å². The van der Waals surface area contributed by atoms with Crippen molar-refractivity contribution >= 4 is 5.97 Å². The maximum atomic E-state index is 12.8. The van der Waals surface area contributed by atoms with Gasteiger partial charge in [0.2, 0.25) is 0 Å². The van der Waals surface area contributed by atoms with E-state index in [-0.39, 0.29) is 12.1 Å². The van der Waals surface area contributed by atoms with E-state index in [1.807, 2.05) is 0 Å². The lowest BCUT2D eigenvalue weighted by atomic mass is 10.00. The molecule has 0 bridgehead atoms. The smallest absolute Gasteiger partial charge is 0.416 e. The second-order valence-corrected chi connectivity index (χ2v) is 4.07. The molecule has 100 valence electrons. The van der Waals surface area contributed by atoms with Gasteiger partial charge in [0.15, 0.2) is 0 Å². The predicted octanol–water partition coefficient (Wildman–Crippen LogP) is 2.78. The Hall–Kier alpha value is -1.56. The molecule has 0 radical (unpaired) electrons. The average molecular weight is 261 g/mol. The van der Waals surface area contributed by atoms with Crippen LogP contribution < -0.4 is 0 Å². The highest BCUT2D eigenvalue weighted by molar-refractivity contribution is 5.69. The van der Waals surface area contributed by atoms with Crippen LogP contribution in [-0.4, -0.2) is 29.6 Å². The molecule has 1 N–H and O–H groups in total. The van der Waals surface area contributed by atoms with Crippen LogP contribution in [0, 0.1) is 0 Å². The molecule has 0 aliphatic carbocycles. The zero-order valence-corrected chi connectivity index (χ0v) is 10.0. The van der Waals surface area contributed by atoms with Crippen LogP contribution in [0.25, 0.3) is 0 Å². The third-order valence-corrected chi connectivity index (χ3v) is 2.76. The SMILES string of the molecule is CC(c1ccccc1C(F)(F)F)N(C)CC(=O)O. The number of nitrogens with zero attached hydrogens (tertiary/aromatic N) is 1. The zero-order valence-electron chi connectivity index (χ0n) is 10.0. The first-order valence-electron chi connectivity index (χ1n) is 5.31. The lowest BCUT2D eigenvalue weighted by Crippen LogP contribution is -2.29. The van der Waals surface area contributed by atoms with Crippen molar-refractivity contribution in [3.8, 4) is 0 Å². The van der Waals surface area contributed by atoms with E-state index in [4.69, 9.17) is 5.11 Å². The lowest BCUT2D eigenvalue weighted by molar-refractivity contribution is -0.139. The number of halogens is 3. The van der Waals surface area contributed by atoms with Gasteiger partial charge < -0.3 is 5.11 Å². The van der Waals surface area contributed by atoms with E-state index in [9.17, 15) is 18.0 Å². The maximum absolute atomic E-state index is 12.8. The summed E-state index contributed by atoms with van der Waals surface area (Å²) in [6.07, 6.45) is -4.44. The van der Waals surface area contributed by atoms with Crippen molar-refractivity contribution in [2.75, 3.05) is 13.6 Å². The van der Waals surface area contributed by atoms with Gasteiger partial charge in [0.1, 0.15) is 0 Å². The van der Waals surface area contributed by atoms with Gasteiger partial charge in [-0.15, -0.1) is 0 Å². The van der Waals surface area contributed by atoms with Crippen molar-refractivity contribution < 1.29 is 23.1 Å². The minimum Gasteiger partial charge on any atom is -0.480 e. The molecule has 0 aliphatic rings. The van der Waals surface area contributed by atoms with E-state index >= 15 is 0 Å². The van der Waals surface area contributed by atoms with Crippen LogP contribution in [0.15, 0.2) is 24.3 Å². The molecule has 1 aromatic carbocycles. The van der Waals surface area contributed by atoms with Crippen molar-refractivity contribution in [3.63, 3.8) is 0 Å². The quantitative estimate of drug-likeness (QED) is 0.906. The van der Waals surface area contributed by atoms with Gasteiger partial charge in [-0.05, 0) is 25.6 Å². The van der Waals surface area contributed by atoms with Crippen LogP contribution >= 0.6 is 0 Å². The van der Waals surface area contributed by atoms with E-state index in [0.29, 0.717) is 0 Å². The minimum absolute atomic E-state index is 0.0775. The zero-order chi connectivity index (χ0) is 13.9. The molecule has 0 aliphatic heterocycles. The molecule has 0 saturated heterocycles. The first-order chi connectivity index (χ1) is 8.23. The van der Waals surface area contributed by atoms with Crippen molar-refractivity contribution in [1.82, 2.24) is 4.90 Å². The van der Waals surface area contributed by atoms with E-state index < -0.39 is 23.8 Å². The number of hydrogen-bond donors (Lipinski definition) is 1. The van der Waals surface area contributed by atoms with Gasteiger partial charge in [0.25, 0.3) is 0 Å². The van der Waals surface area contributed by atoms with Crippen LogP contribution in [-0.2, 0) is 11.0 Å². The number of carbonyl (C=O) groups is 1. The maximum Gasteiger partial charge on any atom is 0.416 e. The molecule has 3 nitrogen and oxygen atoms in total. The van der Waals surface area contributed by atoms with E-state index in [2.05, 4.69) is 0 Å². The molecule has 0 saturated carbocycles. The van der Waals surface area contributed by atoms with Crippen molar-refractivity contribution in [2.45, 2.75) is 19.1 Å². The number of alkyl halides is 3. The summed E-state index contributed by atoms with van der Waals surface area (Å²) in [6, 6.07) is 4.57. The largest absolute Gasteiger partial charge is 0.480 e. The number of hydrogen-bond acceptors (Lipinski definition) is 2. The molecule has 18 heavy (non-hydrogen) atoms. The Balaban J connectivity index is 3.06. The Morgan fingerprint density at radius 2 is 1.94 bits per heavy atom. The van der Waals surface area contributed by atoms with Crippen LogP contribution in [0.5, 0.6) is 0 Å². The topological polar surface area (TPSA) is 40.5 Å². The van der Waals surface area contributed by atoms with Gasteiger partial charge in [-0.1, -0.05) is 18.2 Å². The second-order valence-electron chi connectivity index (χ2n) is 4.07. The summed E-state index contributed by atoms with van der Waals surface area (Å²) in [5.74, 6) is -1.08. The Morgan fingerprint density at radius 3 is 2.44 bits per heavy atom.